The van der Waals surface area contributed by atoms with Gasteiger partial charge in [0.05, 0.1) is 0 Å². The van der Waals surface area contributed by atoms with Crippen molar-refractivity contribution in [2.45, 2.75) is 12.8 Å². The number of H-pyrrole nitrogens is 1. The van der Waals surface area contributed by atoms with Gasteiger partial charge in [-0.3, -0.25) is 4.79 Å². The van der Waals surface area contributed by atoms with E-state index in [1.807, 2.05) is 42.6 Å². The number of carbonyl (C=O) groups excluding carboxylic acids is 1. The molecule has 0 spiro atoms. The van der Waals surface area contributed by atoms with Crippen LogP contribution >= 0.6 is 0 Å². The van der Waals surface area contributed by atoms with Crippen molar-refractivity contribution < 1.29 is 17.6 Å². The van der Waals surface area contributed by atoms with Crippen molar-refractivity contribution in [1.29, 1.82) is 0 Å². The van der Waals surface area contributed by atoms with Gasteiger partial charge in [-0.2, -0.15) is 0 Å². The van der Waals surface area contributed by atoms with Gasteiger partial charge in [-0.1, -0.05) is 36.4 Å². The molecule has 166 valence electrons. The molecule has 0 radical (unpaired) electrons. The highest BCUT2D eigenvalue weighted by atomic mass is 32.2. The summed E-state index contributed by atoms with van der Waals surface area (Å²) in [4.78, 5) is 17.3. The lowest BCUT2D eigenvalue weighted by molar-refractivity contribution is -0.130. The first kappa shape index (κ1) is 22.0. The van der Waals surface area contributed by atoms with E-state index in [1.165, 1.54) is 18.2 Å². The van der Waals surface area contributed by atoms with E-state index in [9.17, 15) is 17.6 Å². The lowest BCUT2D eigenvalue weighted by Gasteiger charge is -2.26. The summed E-state index contributed by atoms with van der Waals surface area (Å²) >= 11 is 0. The number of nitrogens with one attached hydrogen (secondary N) is 2. The second kappa shape index (κ2) is 9.50. The average molecular weight is 454 g/mol. The van der Waals surface area contributed by atoms with Crippen LogP contribution in [0.2, 0.25) is 0 Å². The first-order chi connectivity index (χ1) is 15.4. The van der Waals surface area contributed by atoms with E-state index < -0.39 is 10.0 Å². The fourth-order valence-corrected chi connectivity index (χ4v) is 4.56. The number of halogens is 1. The van der Waals surface area contributed by atoms with Crippen LogP contribution < -0.4 is 4.72 Å². The lowest BCUT2D eigenvalue weighted by Crippen LogP contribution is -2.36. The van der Waals surface area contributed by atoms with Crippen LogP contribution in [0.15, 0.2) is 66.2 Å². The smallest absolute Gasteiger partial charge is 0.233 e. The number of carbonyl (C=O) groups is 1. The molecule has 8 heteroatoms. The summed E-state index contributed by atoms with van der Waals surface area (Å²) < 4.78 is 40.1. The van der Waals surface area contributed by atoms with Crippen molar-refractivity contribution in [3.05, 3.63) is 83.2 Å². The predicted octanol–water partition coefficient (Wildman–Crippen LogP) is 3.90. The van der Waals surface area contributed by atoms with Crippen LogP contribution in [-0.4, -0.2) is 43.8 Å². The van der Waals surface area contributed by atoms with E-state index in [4.69, 9.17) is 0 Å². The van der Waals surface area contributed by atoms with Gasteiger partial charge in [0, 0.05) is 54.1 Å². The Labute approximate surface area is 186 Å². The van der Waals surface area contributed by atoms with E-state index >= 15 is 0 Å². The molecule has 3 aromatic rings. The van der Waals surface area contributed by atoms with Gasteiger partial charge < -0.3 is 9.88 Å². The molecular weight excluding hydrogens is 429 g/mol. The molecule has 2 N–H and O–H groups in total. The number of sulfonamides is 1. The number of hydrogen-bond acceptors (Lipinski definition) is 3. The van der Waals surface area contributed by atoms with Crippen molar-refractivity contribution >= 4 is 38.5 Å². The summed E-state index contributed by atoms with van der Waals surface area (Å²) in [6.45, 7) is 1.06. The molecular formula is C24H24FN3O3S. The molecule has 0 atom stereocenters. The maximum absolute atomic E-state index is 13.4. The molecule has 2 heterocycles. The van der Waals surface area contributed by atoms with E-state index in [0.29, 0.717) is 19.5 Å². The molecule has 2 aromatic carbocycles. The van der Waals surface area contributed by atoms with E-state index in [-0.39, 0.29) is 24.7 Å². The number of amides is 1. The Morgan fingerprint density at radius 2 is 2.00 bits per heavy atom. The maximum atomic E-state index is 13.4. The number of nitrogens with zero attached hydrogens (tertiary/aromatic N) is 1. The van der Waals surface area contributed by atoms with Gasteiger partial charge in [0.2, 0.25) is 15.9 Å². The number of fused-ring (bicyclic) bond motifs is 1. The summed E-state index contributed by atoms with van der Waals surface area (Å²) in [5, 5.41) is 2.06. The molecule has 0 saturated heterocycles. The average Bonchev–Trinajstić information content (AvgIpc) is 3.21. The number of rotatable bonds is 7. The third kappa shape index (κ3) is 5.33. The molecule has 0 bridgehead atoms. The summed E-state index contributed by atoms with van der Waals surface area (Å²) in [5.41, 5.74) is 3.65. The SMILES string of the molecule is O=C(CCNS(=O)(=O)/C=C/c1ccccc1)N1CC=C(c2c[nH]c3cc(F)ccc23)CC1. The zero-order valence-corrected chi connectivity index (χ0v) is 18.2. The molecule has 0 fully saturated rings. The second-order valence-corrected chi connectivity index (χ2v) is 9.27. The number of hydrogen-bond donors (Lipinski definition) is 2. The van der Waals surface area contributed by atoms with Gasteiger partial charge >= 0.3 is 0 Å². The zero-order chi connectivity index (χ0) is 22.6. The summed E-state index contributed by atoms with van der Waals surface area (Å²) in [6, 6.07) is 13.8. The monoisotopic (exact) mass is 453 g/mol. The van der Waals surface area contributed by atoms with Crippen LogP contribution in [0.1, 0.15) is 24.0 Å². The number of aromatic amines is 1. The molecule has 6 nitrogen and oxygen atoms in total. The molecule has 1 amide bonds. The normalized spacial score (nSPS) is 14.8. The van der Waals surface area contributed by atoms with E-state index in [2.05, 4.69) is 9.71 Å². The Balaban J connectivity index is 1.29. The standard InChI is InChI=1S/C24H24FN3O3S/c25-20-6-7-21-22(17-26-23(21)16-20)19-9-13-28(14-10-19)24(29)8-12-27-32(30,31)15-11-18-4-2-1-3-5-18/h1-7,9,11,15-17,26-27H,8,10,12-14H2/b15-11+. The highest BCUT2D eigenvalue weighted by Gasteiger charge is 2.19. The van der Waals surface area contributed by atoms with Gasteiger partial charge in [-0.25, -0.2) is 17.5 Å². The predicted molar refractivity (Wildman–Crippen MR) is 124 cm³/mol. The highest BCUT2D eigenvalue weighted by Crippen LogP contribution is 2.29. The quantitative estimate of drug-likeness (QED) is 0.569. The number of aromatic nitrogens is 1. The maximum Gasteiger partial charge on any atom is 0.233 e. The van der Waals surface area contributed by atoms with Crippen molar-refractivity contribution in [3.63, 3.8) is 0 Å². The van der Waals surface area contributed by atoms with Gasteiger partial charge in [-0.05, 0) is 41.8 Å². The van der Waals surface area contributed by atoms with Crippen molar-refractivity contribution in [3.8, 4) is 0 Å². The minimum absolute atomic E-state index is 0.0430. The molecule has 0 aliphatic carbocycles. The van der Waals surface area contributed by atoms with Crippen LogP contribution in [0.25, 0.3) is 22.6 Å². The zero-order valence-electron chi connectivity index (χ0n) is 17.4. The Morgan fingerprint density at radius 1 is 1.19 bits per heavy atom. The van der Waals surface area contributed by atoms with Crippen LogP contribution in [0.5, 0.6) is 0 Å². The summed E-state index contributed by atoms with van der Waals surface area (Å²) in [5.74, 6) is -0.387. The Kier molecular flexibility index (Phi) is 6.53. The lowest BCUT2D eigenvalue weighted by atomic mass is 9.99. The Bertz CT molecular complexity index is 1280. The van der Waals surface area contributed by atoms with Crippen LogP contribution in [0.3, 0.4) is 0 Å². The molecule has 4 rings (SSSR count). The first-order valence-electron chi connectivity index (χ1n) is 10.4. The third-order valence-electron chi connectivity index (χ3n) is 5.43. The van der Waals surface area contributed by atoms with Crippen molar-refractivity contribution in [2.24, 2.45) is 0 Å². The van der Waals surface area contributed by atoms with Crippen molar-refractivity contribution in [1.82, 2.24) is 14.6 Å². The molecule has 0 unspecified atom stereocenters. The molecule has 1 aliphatic rings. The van der Waals surface area contributed by atoms with Crippen molar-refractivity contribution in [2.75, 3.05) is 19.6 Å². The first-order valence-corrected chi connectivity index (χ1v) is 11.9. The topological polar surface area (TPSA) is 82.3 Å². The van der Waals surface area contributed by atoms with Gasteiger partial charge in [0.25, 0.3) is 0 Å². The highest BCUT2D eigenvalue weighted by molar-refractivity contribution is 7.92. The fraction of sp³-hybridized carbons (Fsp3) is 0.208. The number of benzene rings is 2. The minimum atomic E-state index is -3.61. The van der Waals surface area contributed by atoms with Crippen LogP contribution in [0.4, 0.5) is 4.39 Å². The molecule has 1 aliphatic heterocycles. The van der Waals surface area contributed by atoms with Crippen LogP contribution in [0, 0.1) is 5.82 Å². The summed E-state index contributed by atoms with van der Waals surface area (Å²) in [7, 11) is -3.61. The van der Waals surface area contributed by atoms with Gasteiger partial charge in [-0.15, -0.1) is 0 Å². The molecule has 0 saturated carbocycles. The Morgan fingerprint density at radius 3 is 2.75 bits per heavy atom. The largest absolute Gasteiger partial charge is 0.360 e. The van der Waals surface area contributed by atoms with Crippen LogP contribution in [-0.2, 0) is 14.8 Å². The molecule has 1 aromatic heterocycles. The Hall–Kier alpha value is -3.23. The molecule has 32 heavy (non-hydrogen) atoms. The minimum Gasteiger partial charge on any atom is -0.360 e. The third-order valence-corrected chi connectivity index (χ3v) is 6.53. The fourth-order valence-electron chi connectivity index (χ4n) is 3.74. The van der Waals surface area contributed by atoms with E-state index in [0.717, 1.165) is 33.0 Å². The summed E-state index contributed by atoms with van der Waals surface area (Å²) in [6.07, 6.45) is 6.15. The van der Waals surface area contributed by atoms with Gasteiger partial charge in [0.15, 0.2) is 0 Å². The second-order valence-electron chi connectivity index (χ2n) is 7.61. The van der Waals surface area contributed by atoms with E-state index in [1.54, 1.807) is 11.0 Å². The van der Waals surface area contributed by atoms with Gasteiger partial charge in [0.1, 0.15) is 5.82 Å².